The third kappa shape index (κ3) is 3.10. The lowest BCUT2D eigenvalue weighted by atomic mass is 10.1. The Morgan fingerprint density at radius 2 is 2.38 bits per heavy atom. The Morgan fingerprint density at radius 1 is 1.62 bits per heavy atom. The minimum Gasteiger partial charge on any atom is -0.396 e. The highest BCUT2D eigenvalue weighted by Gasteiger charge is 2.06. The van der Waals surface area contributed by atoms with Gasteiger partial charge >= 0.3 is 0 Å². The lowest BCUT2D eigenvalue weighted by molar-refractivity contribution is 0.299. The van der Waals surface area contributed by atoms with Gasteiger partial charge < -0.3 is 10.4 Å². The van der Waals surface area contributed by atoms with E-state index in [1.54, 1.807) is 11.3 Å². The molecule has 1 heterocycles. The number of hydrogen-bond acceptors (Lipinski definition) is 3. The van der Waals surface area contributed by atoms with Crippen LogP contribution in [0.4, 0.5) is 0 Å². The smallest absolute Gasteiger partial charge is 0.0471 e. The topological polar surface area (TPSA) is 32.3 Å². The van der Waals surface area contributed by atoms with Gasteiger partial charge in [-0.05, 0) is 43.8 Å². The monoisotopic (exact) mass is 199 g/mol. The number of rotatable bonds is 5. The molecule has 0 radical (unpaired) electrons. The van der Waals surface area contributed by atoms with Crippen molar-refractivity contribution in [1.29, 1.82) is 0 Å². The molecule has 13 heavy (non-hydrogen) atoms. The van der Waals surface area contributed by atoms with Gasteiger partial charge in [0.25, 0.3) is 0 Å². The summed E-state index contributed by atoms with van der Waals surface area (Å²) in [5, 5.41) is 14.2. The van der Waals surface area contributed by atoms with E-state index in [4.69, 9.17) is 5.11 Å². The number of hydrogen-bond donors (Lipinski definition) is 2. The van der Waals surface area contributed by atoms with Crippen LogP contribution in [0, 0.1) is 0 Å². The summed E-state index contributed by atoms with van der Waals surface area (Å²) in [5.74, 6) is 0. The van der Waals surface area contributed by atoms with Crippen LogP contribution in [-0.4, -0.2) is 24.8 Å². The van der Waals surface area contributed by atoms with Crippen LogP contribution in [0.25, 0.3) is 0 Å². The van der Waals surface area contributed by atoms with E-state index in [0.29, 0.717) is 6.04 Å². The van der Waals surface area contributed by atoms with E-state index < -0.39 is 0 Å². The quantitative estimate of drug-likeness (QED) is 0.752. The second-order valence-electron chi connectivity index (χ2n) is 3.24. The summed E-state index contributed by atoms with van der Waals surface area (Å²) >= 11 is 1.78. The minimum atomic E-state index is 0.248. The summed E-state index contributed by atoms with van der Waals surface area (Å²) in [6.45, 7) is 2.42. The number of nitrogens with one attached hydrogen (secondary N) is 1. The van der Waals surface area contributed by atoms with Gasteiger partial charge in [0.05, 0.1) is 0 Å². The molecule has 0 spiro atoms. The predicted octanol–water partition coefficient (Wildman–Crippen LogP) is 1.43. The molecule has 1 atom stereocenters. The van der Waals surface area contributed by atoms with Crippen molar-refractivity contribution in [3.05, 3.63) is 21.9 Å². The predicted molar refractivity (Wildman–Crippen MR) is 57.3 cm³/mol. The Morgan fingerprint density at radius 3 is 3.00 bits per heavy atom. The van der Waals surface area contributed by atoms with Crippen molar-refractivity contribution in [1.82, 2.24) is 5.32 Å². The molecule has 0 saturated carbocycles. The lowest BCUT2D eigenvalue weighted by Crippen LogP contribution is -2.23. The van der Waals surface area contributed by atoms with E-state index >= 15 is 0 Å². The van der Waals surface area contributed by atoms with Gasteiger partial charge in [0.2, 0.25) is 0 Å². The summed E-state index contributed by atoms with van der Waals surface area (Å²) in [7, 11) is 1.98. The molecular weight excluding hydrogens is 182 g/mol. The minimum absolute atomic E-state index is 0.248. The fraction of sp³-hybridized carbons (Fsp3) is 0.600. The van der Waals surface area contributed by atoms with Gasteiger partial charge in [-0.15, -0.1) is 11.3 Å². The van der Waals surface area contributed by atoms with Crippen molar-refractivity contribution in [2.75, 3.05) is 13.7 Å². The molecule has 0 aliphatic heterocycles. The van der Waals surface area contributed by atoms with Gasteiger partial charge in [0, 0.05) is 17.5 Å². The summed E-state index contributed by atoms with van der Waals surface area (Å²) in [5.41, 5.74) is 1.30. The summed E-state index contributed by atoms with van der Waals surface area (Å²) in [6, 6.07) is 2.62. The Balaban J connectivity index is 2.59. The van der Waals surface area contributed by atoms with Crippen LogP contribution in [0.3, 0.4) is 0 Å². The van der Waals surface area contributed by atoms with Gasteiger partial charge in [-0.1, -0.05) is 0 Å². The Labute approximate surface area is 83.6 Å². The molecule has 0 bridgehead atoms. The van der Waals surface area contributed by atoms with Gasteiger partial charge in [-0.2, -0.15) is 0 Å². The maximum atomic E-state index is 8.84. The number of likely N-dealkylation sites (N-methyl/N-ethyl adjacent to an activating group) is 1. The highest BCUT2D eigenvalue weighted by Crippen LogP contribution is 2.18. The van der Waals surface area contributed by atoms with Crippen LogP contribution in [0.1, 0.15) is 17.4 Å². The zero-order chi connectivity index (χ0) is 9.68. The van der Waals surface area contributed by atoms with Crippen LogP contribution < -0.4 is 5.32 Å². The summed E-state index contributed by atoms with van der Waals surface area (Å²) in [4.78, 5) is 1.40. The first-order chi connectivity index (χ1) is 6.27. The van der Waals surface area contributed by atoms with Crippen LogP contribution in [-0.2, 0) is 12.8 Å². The van der Waals surface area contributed by atoms with Gasteiger partial charge in [0.1, 0.15) is 0 Å². The molecule has 0 unspecified atom stereocenters. The molecule has 0 amide bonds. The van der Waals surface area contributed by atoms with E-state index in [1.165, 1.54) is 10.4 Å². The molecule has 3 heteroatoms. The standard InChI is InChI=1S/C10H17NOS/c1-8(11-2)7-10-9(3-5-12)4-6-13-10/h4,6,8,11-12H,3,5,7H2,1-2H3/t8-/m0/s1. The average molecular weight is 199 g/mol. The van der Waals surface area contributed by atoms with Crippen molar-refractivity contribution < 1.29 is 5.11 Å². The number of aliphatic hydroxyl groups is 1. The van der Waals surface area contributed by atoms with Gasteiger partial charge in [-0.3, -0.25) is 0 Å². The first kappa shape index (κ1) is 10.7. The maximum absolute atomic E-state index is 8.84. The SMILES string of the molecule is CN[C@@H](C)Cc1sccc1CCO. The molecule has 74 valence electrons. The normalized spacial score (nSPS) is 13.2. The molecule has 2 N–H and O–H groups in total. The molecular formula is C10H17NOS. The van der Waals surface area contributed by atoms with Crippen molar-refractivity contribution in [2.24, 2.45) is 0 Å². The lowest BCUT2D eigenvalue weighted by Gasteiger charge is -2.09. The second kappa shape index (κ2) is 5.37. The molecule has 0 saturated heterocycles. The van der Waals surface area contributed by atoms with E-state index in [1.807, 2.05) is 7.05 Å². The second-order valence-corrected chi connectivity index (χ2v) is 4.24. The maximum Gasteiger partial charge on any atom is 0.0471 e. The summed E-state index contributed by atoms with van der Waals surface area (Å²) in [6.07, 6.45) is 1.85. The fourth-order valence-electron chi connectivity index (χ4n) is 1.27. The third-order valence-corrected chi connectivity index (χ3v) is 3.19. The number of thiophene rings is 1. The van der Waals surface area contributed by atoms with E-state index in [2.05, 4.69) is 23.7 Å². The largest absolute Gasteiger partial charge is 0.396 e. The molecule has 0 aromatic carbocycles. The first-order valence-corrected chi connectivity index (χ1v) is 5.49. The molecule has 0 aliphatic rings. The molecule has 1 rings (SSSR count). The molecule has 0 aliphatic carbocycles. The van der Waals surface area contributed by atoms with Crippen molar-refractivity contribution >= 4 is 11.3 Å². The Hall–Kier alpha value is -0.380. The Bertz CT molecular complexity index is 247. The first-order valence-electron chi connectivity index (χ1n) is 4.61. The fourth-order valence-corrected chi connectivity index (χ4v) is 2.33. The molecule has 0 fully saturated rings. The van der Waals surface area contributed by atoms with Crippen molar-refractivity contribution in [3.8, 4) is 0 Å². The highest BCUT2D eigenvalue weighted by molar-refractivity contribution is 7.10. The summed E-state index contributed by atoms with van der Waals surface area (Å²) < 4.78 is 0. The molecule has 2 nitrogen and oxygen atoms in total. The third-order valence-electron chi connectivity index (χ3n) is 2.20. The Kier molecular flexibility index (Phi) is 4.42. The van der Waals surface area contributed by atoms with Crippen LogP contribution >= 0.6 is 11.3 Å². The van der Waals surface area contributed by atoms with E-state index in [9.17, 15) is 0 Å². The van der Waals surface area contributed by atoms with Gasteiger partial charge in [0.15, 0.2) is 0 Å². The van der Waals surface area contributed by atoms with Crippen LogP contribution in [0.2, 0.25) is 0 Å². The van der Waals surface area contributed by atoms with E-state index in [-0.39, 0.29) is 6.61 Å². The zero-order valence-corrected chi connectivity index (χ0v) is 9.03. The van der Waals surface area contributed by atoms with Crippen molar-refractivity contribution in [3.63, 3.8) is 0 Å². The van der Waals surface area contributed by atoms with Gasteiger partial charge in [-0.25, -0.2) is 0 Å². The molecule has 1 aromatic heterocycles. The average Bonchev–Trinajstić information content (AvgIpc) is 2.54. The van der Waals surface area contributed by atoms with Crippen molar-refractivity contribution in [2.45, 2.75) is 25.8 Å². The zero-order valence-electron chi connectivity index (χ0n) is 8.21. The van der Waals surface area contributed by atoms with Crippen LogP contribution in [0.15, 0.2) is 11.4 Å². The van der Waals surface area contributed by atoms with Crippen LogP contribution in [0.5, 0.6) is 0 Å². The number of aliphatic hydroxyl groups excluding tert-OH is 1. The molecule has 1 aromatic rings. The van der Waals surface area contributed by atoms with E-state index in [0.717, 1.165) is 12.8 Å². The highest BCUT2D eigenvalue weighted by atomic mass is 32.1.